The van der Waals surface area contributed by atoms with Crippen LogP contribution in [-0.2, 0) is 10.0 Å². The molecule has 6 nitrogen and oxygen atoms in total. The number of aliphatic imine (C=N–C) groups is 1. The highest BCUT2D eigenvalue weighted by atomic mass is 32.2. The first kappa shape index (κ1) is 16.4. The minimum Gasteiger partial charge on any atom is -0.284 e. The van der Waals surface area contributed by atoms with Crippen molar-refractivity contribution in [2.24, 2.45) is 4.99 Å². The summed E-state index contributed by atoms with van der Waals surface area (Å²) in [6.45, 7) is 1.99. The van der Waals surface area contributed by atoms with Gasteiger partial charge in [-0.1, -0.05) is 25.1 Å². The number of sulfonamides is 1. The molecule has 0 aromatic heterocycles. The molecule has 1 aliphatic heterocycles. The predicted octanol–water partition coefficient (Wildman–Crippen LogP) is 1.11. The fourth-order valence-corrected chi connectivity index (χ4v) is 3.67. The summed E-state index contributed by atoms with van der Waals surface area (Å²) in [7, 11) is -3.68. The number of rotatable bonds is 5. The molecule has 0 radical (unpaired) electrons. The molecule has 2 aromatic rings. The number of hydrogen-bond donors (Lipinski definition) is 2. The lowest BCUT2D eigenvalue weighted by Crippen LogP contribution is -2.31. The first-order valence-corrected chi connectivity index (χ1v) is 8.93. The Kier molecular flexibility index (Phi) is 4.48. The zero-order valence-electron chi connectivity index (χ0n) is 13.0. The van der Waals surface area contributed by atoms with E-state index in [4.69, 9.17) is 0 Å². The van der Waals surface area contributed by atoms with Crippen LogP contribution in [0.25, 0.3) is 12.3 Å². The number of anilines is 1. The van der Waals surface area contributed by atoms with Crippen LogP contribution < -0.4 is 20.2 Å². The molecule has 2 aromatic carbocycles. The Labute approximate surface area is 140 Å². The Balaban J connectivity index is 2.18. The zero-order valence-corrected chi connectivity index (χ0v) is 13.9. The maximum atomic E-state index is 12.5. The largest absolute Gasteiger partial charge is 0.284 e. The van der Waals surface area contributed by atoms with E-state index in [1.807, 2.05) is 6.07 Å². The highest BCUT2D eigenvalue weighted by molar-refractivity contribution is 7.89. The molecule has 0 aliphatic carbocycles. The molecule has 0 amide bonds. The van der Waals surface area contributed by atoms with Gasteiger partial charge in [0.1, 0.15) is 0 Å². The normalized spacial score (nSPS) is 13.7. The highest BCUT2D eigenvalue weighted by Crippen LogP contribution is 2.13. The molecule has 3 rings (SSSR count). The first-order chi connectivity index (χ1) is 11.5. The summed E-state index contributed by atoms with van der Waals surface area (Å²) in [5.74, 6) is 0. The van der Waals surface area contributed by atoms with E-state index in [-0.39, 0.29) is 11.4 Å². The maximum absolute atomic E-state index is 12.5. The van der Waals surface area contributed by atoms with E-state index in [0.29, 0.717) is 16.6 Å². The minimum absolute atomic E-state index is 0.0971. The Morgan fingerprint density at radius 3 is 2.71 bits per heavy atom. The van der Waals surface area contributed by atoms with E-state index in [1.165, 1.54) is 6.20 Å². The van der Waals surface area contributed by atoms with Gasteiger partial charge in [-0.05, 0) is 30.3 Å². The van der Waals surface area contributed by atoms with Crippen molar-refractivity contribution < 1.29 is 13.6 Å². The topological polar surface area (TPSA) is 82.0 Å². The number of hydrogen-bond acceptors (Lipinski definition) is 5. The SMILES string of the molecule is CCNS(=O)(=O)c1cc2c(cc1=CN(O)c1ccccc1)N=CC=2. The lowest BCUT2D eigenvalue weighted by Gasteiger charge is -2.13. The van der Waals surface area contributed by atoms with Crippen molar-refractivity contribution in [2.45, 2.75) is 11.8 Å². The van der Waals surface area contributed by atoms with Gasteiger partial charge in [0.15, 0.2) is 0 Å². The van der Waals surface area contributed by atoms with Gasteiger partial charge in [0.25, 0.3) is 0 Å². The molecule has 1 aliphatic rings. The lowest BCUT2D eigenvalue weighted by molar-refractivity contribution is 0.309. The third-order valence-electron chi connectivity index (χ3n) is 3.53. The number of nitrogens with zero attached hydrogens (tertiary/aromatic N) is 2. The van der Waals surface area contributed by atoms with Crippen molar-refractivity contribution in [1.29, 1.82) is 0 Å². The smallest absolute Gasteiger partial charge is 0.241 e. The molecule has 124 valence electrons. The molecule has 1 heterocycles. The van der Waals surface area contributed by atoms with E-state index >= 15 is 0 Å². The van der Waals surface area contributed by atoms with Crippen LogP contribution in [0.1, 0.15) is 6.92 Å². The van der Waals surface area contributed by atoms with E-state index in [1.54, 1.807) is 55.6 Å². The van der Waals surface area contributed by atoms with Crippen molar-refractivity contribution in [3.05, 3.63) is 52.9 Å². The van der Waals surface area contributed by atoms with Gasteiger partial charge >= 0.3 is 0 Å². The van der Waals surface area contributed by atoms with Gasteiger partial charge in [-0.25, -0.2) is 18.2 Å². The number of nitrogens with one attached hydrogen (secondary N) is 1. The van der Waals surface area contributed by atoms with Gasteiger partial charge in [0.2, 0.25) is 10.0 Å². The van der Waals surface area contributed by atoms with Crippen molar-refractivity contribution in [2.75, 3.05) is 11.6 Å². The Morgan fingerprint density at radius 2 is 2.00 bits per heavy atom. The summed E-state index contributed by atoms with van der Waals surface area (Å²) in [6.07, 6.45) is 4.73. The predicted molar refractivity (Wildman–Crippen MR) is 94.3 cm³/mol. The first-order valence-electron chi connectivity index (χ1n) is 7.44. The van der Waals surface area contributed by atoms with Crippen LogP contribution in [0.2, 0.25) is 0 Å². The Bertz CT molecular complexity index is 999. The van der Waals surface area contributed by atoms with Gasteiger partial charge in [-0.3, -0.25) is 10.2 Å². The highest BCUT2D eigenvalue weighted by Gasteiger charge is 2.17. The van der Waals surface area contributed by atoms with Crippen molar-refractivity contribution in [3.8, 4) is 0 Å². The standard InChI is InChI=1S/C17H17N3O3S/c1-2-19-24(22,23)17-11-13-8-9-18-16(13)10-14(17)12-20(21)15-6-4-3-5-7-15/h3-12,19,21H,2H2,1H3. The molecule has 0 saturated carbocycles. The second-order valence-electron chi connectivity index (χ2n) is 5.20. The number of para-hydroxylation sites is 1. The summed E-state index contributed by atoms with van der Waals surface area (Å²) >= 11 is 0. The summed E-state index contributed by atoms with van der Waals surface area (Å²) in [5, 5.41) is 12.2. The summed E-state index contributed by atoms with van der Waals surface area (Å²) in [4.78, 5) is 4.29. The van der Waals surface area contributed by atoms with Crippen LogP contribution in [0, 0.1) is 0 Å². The molecule has 7 heteroatoms. The number of benzene rings is 2. The van der Waals surface area contributed by atoms with E-state index in [0.717, 1.165) is 10.3 Å². The molecule has 0 bridgehead atoms. The molecule has 0 fully saturated rings. The van der Waals surface area contributed by atoms with Crippen LogP contribution in [0.3, 0.4) is 0 Å². The van der Waals surface area contributed by atoms with Crippen LogP contribution in [0.4, 0.5) is 11.4 Å². The fourth-order valence-electron chi connectivity index (χ4n) is 2.43. The van der Waals surface area contributed by atoms with Crippen molar-refractivity contribution >= 4 is 39.9 Å². The zero-order chi connectivity index (χ0) is 17.2. The number of fused-ring (bicyclic) bond motifs is 1. The quantitative estimate of drug-likeness (QED) is 0.797. The second kappa shape index (κ2) is 6.56. The summed E-state index contributed by atoms with van der Waals surface area (Å²) in [5.41, 5.74) is 1.19. The Morgan fingerprint density at radius 1 is 1.25 bits per heavy atom. The molecule has 2 N–H and O–H groups in total. The molecule has 0 atom stereocenters. The van der Waals surface area contributed by atoms with Gasteiger partial charge < -0.3 is 0 Å². The van der Waals surface area contributed by atoms with E-state index in [9.17, 15) is 13.6 Å². The van der Waals surface area contributed by atoms with Crippen molar-refractivity contribution in [3.63, 3.8) is 0 Å². The fraction of sp³-hybridized carbons (Fsp3) is 0.118. The van der Waals surface area contributed by atoms with Gasteiger partial charge in [-0.15, -0.1) is 0 Å². The van der Waals surface area contributed by atoms with Gasteiger partial charge in [-0.2, -0.15) is 0 Å². The van der Waals surface area contributed by atoms with Crippen molar-refractivity contribution in [1.82, 2.24) is 4.72 Å². The summed E-state index contributed by atoms with van der Waals surface area (Å²) in [6, 6.07) is 12.0. The third-order valence-corrected chi connectivity index (χ3v) is 5.13. The molecule has 0 unspecified atom stereocenters. The average molecular weight is 343 g/mol. The third kappa shape index (κ3) is 3.23. The van der Waals surface area contributed by atoms with Gasteiger partial charge in [0, 0.05) is 29.4 Å². The van der Waals surface area contributed by atoms with Crippen LogP contribution in [0.15, 0.2) is 52.4 Å². The number of hydroxylamine groups is 1. The van der Waals surface area contributed by atoms with Crippen LogP contribution in [-0.4, -0.2) is 26.4 Å². The van der Waals surface area contributed by atoms with E-state index in [2.05, 4.69) is 9.71 Å². The molecule has 24 heavy (non-hydrogen) atoms. The second-order valence-corrected chi connectivity index (χ2v) is 6.94. The summed E-state index contributed by atoms with van der Waals surface area (Å²) < 4.78 is 27.4. The Hall–Kier alpha value is -2.48. The molecular formula is C17H17N3O3S. The minimum atomic E-state index is -3.68. The van der Waals surface area contributed by atoms with Gasteiger partial charge in [0.05, 0.1) is 16.3 Å². The van der Waals surface area contributed by atoms with E-state index < -0.39 is 10.0 Å². The molecular weight excluding hydrogens is 326 g/mol. The molecule has 0 spiro atoms. The molecule has 0 saturated heterocycles. The van der Waals surface area contributed by atoms with Crippen LogP contribution in [0.5, 0.6) is 0 Å². The lowest BCUT2D eigenvalue weighted by atomic mass is 10.2. The maximum Gasteiger partial charge on any atom is 0.241 e. The monoisotopic (exact) mass is 343 g/mol. The van der Waals surface area contributed by atoms with Crippen LogP contribution >= 0.6 is 0 Å². The average Bonchev–Trinajstić information content (AvgIpc) is 3.02.